The molecule has 6 N–H and O–H groups in total. The maximum absolute atomic E-state index is 13.4. The predicted octanol–water partition coefficient (Wildman–Crippen LogP) is -5.18. The smallest absolute Gasteiger partial charge is 0.857 e. The van der Waals surface area contributed by atoms with Crippen LogP contribution in [-0.4, -0.2) is 89.1 Å². The van der Waals surface area contributed by atoms with Crippen LogP contribution in [0.5, 0.6) is 5.75 Å². The van der Waals surface area contributed by atoms with Crippen LogP contribution in [-0.2, 0) is 21.0 Å². The number of aromatic nitrogens is 5. The molecule has 51 heavy (non-hydrogen) atoms. The summed E-state index contributed by atoms with van der Waals surface area (Å²) in [6.45, 7) is 0.0481. The van der Waals surface area contributed by atoms with E-state index in [0.29, 0.717) is 5.57 Å². The standard InChI is InChI=1S/C28H24N10O9S3.Na/c29-21(41)12-1-3-37(4-2-12)9-13-10-49-25-19(24(43)38(25)20(13)26(44)45)33-22(42)18(15-11-50-27(30)32-15)36-46-5-6-48-28-35-34-23(47-28)14-7-16(39)17(40)8-31-14;/h1-4,7-8,11,19,25H,5-6,9-10,29H2,(H5,30,32,33,41,42,44,45);/q;+1/p-1/b36-18-;/t19-,25-;/m1./s1. The number of thioether (sulfide) groups is 2. The second-order valence-corrected chi connectivity index (χ2v) is 13.4. The number of nitrogens with one attached hydrogen (secondary N) is 1. The fraction of sp³-hybridized carbons (Fsp3) is 0.214. The van der Waals surface area contributed by atoms with Gasteiger partial charge in [0.05, 0.1) is 17.2 Å². The zero-order valence-corrected chi connectivity index (χ0v) is 30.7. The summed E-state index contributed by atoms with van der Waals surface area (Å²) in [6, 6.07) is 2.87. The number of hydrogen-bond acceptors (Lipinski definition) is 18. The fourth-order valence-electron chi connectivity index (χ4n) is 4.73. The number of aliphatic carboxylic acids is 1. The number of aliphatic imine (C=N–C) groups is 1. The van der Waals surface area contributed by atoms with Crippen molar-refractivity contribution in [2.24, 2.45) is 15.9 Å². The molecular weight excluding hydrogens is 740 g/mol. The van der Waals surface area contributed by atoms with Crippen LogP contribution in [0.25, 0.3) is 11.6 Å². The number of aromatic hydroxyl groups is 1. The molecule has 258 valence electrons. The molecule has 2 atom stereocenters. The number of carbonyl (C=O) groups is 3. The summed E-state index contributed by atoms with van der Waals surface area (Å²) in [5.74, 6) is -3.83. The summed E-state index contributed by atoms with van der Waals surface area (Å²) in [6.07, 6.45) is 4.22. The molecule has 2 amide bonds. The van der Waals surface area contributed by atoms with Crippen LogP contribution in [0.1, 0.15) is 16.1 Å². The number of carbonyl (C=O) groups excluding carboxylic acids is 3. The molecule has 6 rings (SSSR count). The van der Waals surface area contributed by atoms with E-state index in [9.17, 15) is 34.5 Å². The molecule has 0 saturated carbocycles. The van der Waals surface area contributed by atoms with Gasteiger partial charge in [-0.1, -0.05) is 16.9 Å². The van der Waals surface area contributed by atoms with Crippen LogP contribution in [0, 0.1) is 0 Å². The Balaban J connectivity index is 0.00000504. The van der Waals surface area contributed by atoms with Gasteiger partial charge in [0.15, 0.2) is 35.9 Å². The number of thiazole rings is 1. The van der Waals surface area contributed by atoms with Gasteiger partial charge in [-0.05, 0) is 0 Å². The van der Waals surface area contributed by atoms with Crippen molar-refractivity contribution in [1.82, 2.24) is 25.1 Å². The minimum Gasteiger partial charge on any atom is -0.857 e. The van der Waals surface area contributed by atoms with Gasteiger partial charge in [-0.25, -0.2) is 9.55 Å². The summed E-state index contributed by atoms with van der Waals surface area (Å²) in [5, 5.41) is 47.5. The summed E-state index contributed by atoms with van der Waals surface area (Å²) >= 11 is 3.36. The fourth-order valence-corrected chi connectivity index (χ4v) is 7.16. The van der Waals surface area contributed by atoms with E-state index in [2.05, 4.69) is 30.3 Å². The number of nitrogen functional groups attached to an aromatic ring is 1. The Bertz CT molecular complexity index is 2130. The predicted molar refractivity (Wildman–Crippen MR) is 173 cm³/mol. The molecule has 4 aromatic rings. The molecule has 6 heterocycles. The maximum atomic E-state index is 13.4. The van der Waals surface area contributed by atoms with Gasteiger partial charge in [-0.2, -0.15) is 0 Å². The largest absolute Gasteiger partial charge is 1.00 e. The van der Waals surface area contributed by atoms with Gasteiger partial charge in [0.1, 0.15) is 29.1 Å². The zero-order chi connectivity index (χ0) is 35.5. The number of nitrogens with two attached hydrogens (primary N) is 2. The molecule has 4 aromatic heterocycles. The maximum Gasteiger partial charge on any atom is 1.00 e. The van der Waals surface area contributed by atoms with Gasteiger partial charge in [0.2, 0.25) is 11.3 Å². The first-order valence-electron chi connectivity index (χ1n) is 14.2. The number of anilines is 1. The van der Waals surface area contributed by atoms with Gasteiger partial charge in [0.25, 0.3) is 17.0 Å². The first-order valence-corrected chi connectivity index (χ1v) is 17.1. The van der Waals surface area contributed by atoms with Crippen molar-refractivity contribution in [1.29, 1.82) is 0 Å². The van der Waals surface area contributed by atoms with Crippen molar-refractivity contribution in [2.75, 3.05) is 23.8 Å². The summed E-state index contributed by atoms with van der Waals surface area (Å²) in [5.41, 5.74) is 10.7. The first kappa shape index (κ1) is 37.5. The summed E-state index contributed by atoms with van der Waals surface area (Å²) in [7, 11) is 0. The van der Waals surface area contributed by atoms with Gasteiger partial charge >= 0.3 is 29.6 Å². The average Bonchev–Trinajstić information content (AvgIpc) is 3.75. The molecule has 1 fully saturated rings. The minimum absolute atomic E-state index is 0. The first-order chi connectivity index (χ1) is 24.0. The van der Waals surface area contributed by atoms with Gasteiger partial charge < -0.3 is 45.8 Å². The molecule has 0 aromatic carbocycles. The number of primary amides is 1. The monoisotopic (exact) mass is 762 g/mol. The Morgan fingerprint density at radius 1 is 1.25 bits per heavy atom. The Morgan fingerprint density at radius 3 is 2.69 bits per heavy atom. The Kier molecular flexibility index (Phi) is 11.8. The van der Waals surface area contributed by atoms with Crippen molar-refractivity contribution < 1.29 is 73.1 Å². The van der Waals surface area contributed by atoms with Crippen LogP contribution in [0.3, 0.4) is 0 Å². The number of hydrogen-bond donors (Lipinski definition) is 4. The van der Waals surface area contributed by atoms with Crippen LogP contribution in [0.4, 0.5) is 5.13 Å². The summed E-state index contributed by atoms with van der Waals surface area (Å²) < 4.78 is 7.12. The van der Waals surface area contributed by atoms with Crippen LogP contribution in [0.15, 0.2) is 78.0 Å². The molecular formula is C28H23N10NaO9S3. The number of carboxylic acids is 1. The number of pyridine rings is 2. The van der Waals surface area contributed by atoms with Crippen LogP contribution >= 0.6 is 34.9 Å². The van der Waals surface area contributed by atoms with Crippen molar-refractivity contribution in [2.45, 2.75) is 23.2 Å². The quantitative estimate of drug-likeness (QED) is 0.0145. The number of β-lactam (4-membered cyclic amide) rings is 1. The molecule has 0 unspecified atom stereocenters. The summed E-state index contributed by atoms with van der Waals surface area (Å²) in [4.78, 5) is 65.6. The Hall–Kier alpha value is -4.74. The molecule has 1 saturated heterocycles. The number of H-pyrrole nitrogens is 1. The molecule has 0 spiro atoms. The van der Waals surface area contributed by atoms with E-state index in [1.807, 2.05) is 0 Å². The zero-order valence-electron chi connectivity index (χ0n) is 26.2. The number of carboxylic acid groups (broad SMARTS) is 1. The van der Waals surface area contributed by atoms with Crippen molar-refractivity contribution >= 4 is 69.4 Å². The Morgan fingerprint density at radius 2 is 2.02 bits per heavy atom. The molecule has 0 bridgehead atoms. The molecule has 0 radical (unpaired) electrons. The van der Waals surface area contributed by atoms with E-state index in [0.717, 1.165) is 40.3 Å². The van der Waals surface area contributed by atoms with E-state index in [1.165, 1.54) is 29.3 Å². The third kappa shape index (κ3) is 8.26. The number of oxime groups is 1. The second kappa shape index (κ2) is 16.1. The molecule has 0 aliphatic carbocycles. The number of rotatable bonds is 13. The van der Waals surface area contributed by atoms with E-state index >= 15 is 0 Å². The molecule has 23 heteroatoms. The number of nitrogens with zero attached hydrogens (tertiary/aromatic N) is 7. The third-order valence-electron chi connectivity index (χ3n) is 7.07. The Labute approximate surface area is 320 Å². The number of amides is 2. The van der Waals surface area contributed by atoms with E-state index in [1.54, 1.807) is 17.0 Å². The molecule has 2 aliphatic heterocycles. The minimum atomic E-state index is -1.56. The van der Waals surface area contributed by atoms with Gasteiger partial charge in [-0.15, -0.1) is 33.3 Å². The topological polar surface area (TPSA) is 295 Å². The van der Waals surface area contributed by atoms with E-state index in [-0.39, 0.29) is 98.8 Å². The van der Waals surface area contributed by atoms with Gasteiger partial charge in [-0.3, -0.25) is 24.3 Å². The van der Waals surface area contributed by atoms with Crippen LogP contribution in [0.2, 0.25) is 0 Å². The third-order valence-corrected chi connectivity index (χ3v) is 9.85. The molecule has 19 nitrogen and oxygen atoms in total. The van der Waals surface area contributed by atoms with Crippen molar-refractivity contribution in [3.05, 3.63) is 74.9 Å². The number of aromatic amines is 1. The second-order valence-electron chi connectivity index (χ2n) is 10.3. The van der Waals surface area contributed by atoms with Crippen LogP contribution < -0.4 is 61.2 Å². The van der Waals surface area contributed by atoms with E-state index < -0.39 is 46.3 Å². The number of fused-ring (bicyclic) bond motifs is 1. The molecule has 2 aliphatic rings. The normalized spacial score (nSPS) is 17.4. The SMILES string of the molecule is NC(=O)c1cc[n+](CC2=C(C(=O)[O-])N3C(=O)[C@@H](N=C([O-])/C(=N\OCCSc4nnc(-c5cc(=O)c(O)c[nH]5)o4)c4csc(N)n4)[C@H]3SC2)cc1.[Na+]. The van der Waals surface area contributed by atoms with E-state index in [4.69, 9.17) is 20.7 Å². The average molecular weight is 763 g/mol. The van der Waals surface area contributed by atoms with Crippen molar-refractivity contribution in [3.63, 3.8) is 0 Å². The van der Waals surface area contributed by atoms with Gasteiger partial charge in [0, 0.05) is 52.8 Å². The van der Waals surface area contributed by atoms with Crippen molar-refractivity contribution in [3.8, 4) is 17.3 Å².